The minimum atomic E-state index is 0.576. The number of nitrogens with zero attached hydrogens (tertiary/aromatic N) is 2. The van der Waals surface area contributed by atoms with Gasteiger partial charge in [0, 0.05) is 24.7 Å². The van der Waals surface area contributed by atoms with Crippen LogP contribution in [0.25, 0.3) is 0 Å². The van der Waals surface area contributed by atoms with E-state index in [1.54, 1.807) is 6.33 Å². The number of nitrogens with one attached hydrogen (secondary N) is 1. The average Bonchev–Trinajstić information content (AvgIpc) is 2.86. The predicted molar refractivity (Wildman–Crippen MR) is 78.4 cm³/mol. The highest BCUT2D eigenvalue weighted by atomic mass is 15.1. The van der Waals surface area contributed by atoms with Gasteiger partial charge in [-0.15, -0.1) is 0 Å². The van der Waals surface area contributed by atoms with Crippen LogP contribution in [0.3, 0.4) is 0 Å². The molecule has 2 heterocycles. The fraction of sp³-hybridized carbons (Fsp3) is 0.400. The molecule has 0 spiro atoms. The number of piperidine rings is 1. The van der Waals surface area contributed by atoms with Gasteiger partial charge in [0.15, 0.2) is 0 Å². The van der Waals surface area contributed by atoms with Crippen molar-refractivity contribution in [3.63, 3.8) is 0 Å². The Labute approximate surface area is 113 Å². The van der Waals surface area contributed by atoms with Crippen molar-refractivity contribution < 1.29 is 0 Å². The van der Waals surface area contributed by atoms with Gasteiger partial charge >= 0.3 is 0 Å². The first-order valence-corrected chi connectivity index (χ1v) is 6.85. The van der Waals surface area contributed by atoms with Crippen LogP contribution in [-0.2, 0) is 0 Å². The van der Waals surface area contributed by atoms with Crippen LogP contribution in [0.2, 0.25) is 0 Å². The second-order valence-corrected chi connectivity index (χ2v) is 5.23. The van der Waals surface area contributed by atoms with Crippen LogP contribution in [-0.4, -0.2) is 23.1 Å². The number of rotatable bonds is 2. The van der Waals surface area contributed by atoms with Gasteiger partial charge in [0.1, 0.15) is 0 Å². The van der Waals surface area contributed by atoms with E-state index in [-0.39, 0.29) is 0 Å². The van der Waals surface area contributed by atoms with Crippen molar-refractivity contribution in [2.45, 2.75) is 25.7 Å². The van der Waals surface area contributed by atoms with E-state index in [1.165, 1.54) is 17.1 Å². The minimum absolute atomic E-state index is 0.576. The van der Waals surface area contributed by atoms with Crippen LogP contribution in [0, 0.1) is 6.92 Å². The third-order valence-electron chi connectivity index (χ3n) is 4.03. The second-order valence-electron chi connectivity index (χ2n) is 5.23. The molecule has 2 aromatic rings. The molecule has 19 heavy (non-hydrogen) atoms. The first kappa shape index (κ1) is 12.1. The van der Waals surface area contributed by atoms with Gasteiger partial charge in [-0.25, -0.2) is 4.98 Å². The van der Waals surface area contributed by atoms with Crippen molar-refractivity contribution in [2.24, 2.45) is 0 Å². The number of aromatic nitrogens is 2. The molecule has 4 nitrogen and oxygen atoms in total. The number of hydrogen-bond donors (Lipinski definition) is 2. The molecule has 1 fully saturated rings. The maximum atomic E-state index is 6.05. The summed E-state index contributed by atoms with van der Waals surface area (Å²) in [5, 5.41) is 0. The molecule has 0 atom stereocenters. The highest BCUT2D eigenvalue weighted by Crippen LogP contribution is 2.32. The molecule has 1 aliphatic rings. The zero-order chi connectivity index (χ0) is 13.2. The number of imidazole rings is 1. The van der Waals surface area contributed by atoms with E-state index in [4.69, 9.17) is 5.73 Å². The summed E-state index contributed by atoms with van der Waals surface area (Å²) < 4.78 is 0. The van der Waals surface area contributed by atoms with Gasteiger partial charge in [-0.05, 0) is 31.9 Å². The van der Waals surface area contributed by atoms with Crippen LogP contribution in [0.15, 0.2) is 30.6 Å². The number of H-pyrrole nitrogens is 1. The smallest absolute Gasteiger partial charge is 0.0925 e. The summed E-state index contributed by atoms with van der Waals surface area (Å²) >= 11 is 0. The molecule has 3 rings (SSSR count). The molecule has 1 saturated heterocycles. The van der Waals surface area contributed by atoms with Crippen LogP contribution in [0.4, 0.5) is 11.4 Å². The van der Waals surface area contributed by atoms with Gasteiger partial charge < -0.3 is 15.6 Å². The molecule has 1 aromatic heterocycles. The highest BCUT2D eigenvalue weighted by Gasteiger charge is 2.24. The second kappa shape index (κ2) is 4.96. The van der Waals surface area contributed by atoms with E-state index < -0.39 is 0 Å². The molecule has 1 aliphatic heterocycles. The summed E-state index contributed by atoms with van der Waals surface area (Å²) in [6.45, 7) is 4.19. The van der Waals surface area contributed by atoms with Crippen LogP contribution in [0.1, 0.15) is 30.1 Å². The van der Waals surface area contributed by atoms with Gasteiger partial charge in [-0.3, -0.25) is 0 Å². The van der Waals surface area contributed by atoms with E-state index >= 15 is 0 Å². The van der Waals surface area contributed by atoms with E-state index in [0.717, 1.165) is 31.6 Å². The Morgan fingerprint density at radius 3 is 2.63 bits per heavy atom. The molecule has 0 unspecified atom stereocenters. The SMILES string of the molecule is Cc1[nH]cnc1C1CCN(c2ccccc2N)CC1. The normalized spacial score (nSPS) is 16.8. The monoisotopic (exact) mass is 256 g/mol. The minimum Gasteiger partial charge on any atom is -0.397 e. The molecule has 100 valence electrons. The zero-order valence-corrected chi connectivity index (χ0v) is 11.3. The number of hydrogen-bond acceptors (Lipinski definition) is 3. The summed E-state index contributed by atoms with van der Waals surface area (Å²) in [5.41, 5.74) is 10.5. The summed E-state index contributed by atoms with van der Waals surface area (Å²) in [7, 11) is 0. The van der Waals surface area contributed by atoms with E-state index in [2.05, 4.69) is 33.9 Å². The number of benzene rings is 1. The lowest BCUT2D eigenvalue weighted by Gasteiger charge is -2.33. The van der Waals surface area contributed by atoms with Gasteiger partial charge in [-0.2, -0.15) is 0 Å². The summed E-state index contributed by atoms with van der Waals surface area (Å²) in [4.78, 5) is 10.0. The number of nitrogen functional groups attached to an aromatic ring is 1. The summed E-state index contributed by atoms with van der Waals surface area (Å²) in [6.07, 6.45) is 4.08. The Morgan fingerprint density at radius 1 is 1.26 bits per heavy atom. The van der Waals surface area contributed by atoms with Gasteiger partial charge in [0.2, 0.25) is 0 Å². The average molecular weight is 256 g/mol. The molecule has 3 N–H and O–H groups in total. The predicted octanol–water partition coefficient (Wildman–Crippen LogP) is 2.68. The number of aromatic amines is 1. The van der Waals surface area contributed by atoms with Gasteiger partial charge in [-0.1, -0.05) is 12.1 Å². The van der Waals surface area contributed by atoms with Gasteiger partial charge in [0.05, 0.1) is 23.4 Å². The molecule has 0 saturated carbocycles. The first-order chi connectivity index (χ1) is 9.25. The third-order valence-corrected chi connectivity index (χ3v) is 4.03. The third kappa shape index (κ3) is 2.30. The van der Waals surface area contributed by atoms with E-state index in [1.807, 2.05) is 12.1 Å². The molecule has 4 heteroatoms. The van der Waals surface area contributed by atoms with Gasteiger partial charge in [0.25, 0.3) is 0 Å². The molecular formula is C15H20N4. The molecule has 0 amide bonds. The topological polar surface area (TPSA) is 57.9 Å². The quantitative estimate of drug-likeness (QED) is 0.812. The van der Waals surface area contributed by atoms with Crippen molar-refractivity contribution in [3.05, 3.63) is 42.0 Å². The first-order valence-electron chi connectivity index (χ1n) is 6.85. The van der Waals surface area contributed by atoms with Crippen LogP contribution >= 0.6 is 0 Å². The maximum Gasteiger partial charge on any atom is 0.0925 e. The van der Waals surface area contributed by atoms with Crippen LogP contribution in [0.5, 0.6) is 0 Å². The largest absolute Gasteiger partial charge is 0.397 e. The lowest BCUT2D eigenvalue weighted by Crippen LogP contribution is -2.33. The molecule has 0 aliphatic carbocycles. The van der Waals surface area contributed by atoms with Crippen molar-refractivity contribution >= 4 is 11.4 Å². The zero-order valence-electron chi connectivity index (χ0n) is 11.3. The van der Waals surface area contributed by atoms with Crippen LogP contribution < -0.4 is 10.6 Å². The number of aryl methyl sites for hydroxylation is 1. The fourth-order valence-corrected chi connectivity index (χ4v) is 2.95. The summed E-state index contributed by atoms with van der Waals surface area (Å²) in [6, 6.07) is 8.11. The maximum absolute atomic E-state index is 6.05. The fourth-order valence-electron chi connectivity index (χ4n) is 2.95. The number of para-hydroxylation sites is 2. The summed E-state index contributed by atoms with van der Waals surface area (Å²) in [5.74, 6) is 0.576. The standard InChI is InChI=1S/C15H20N4/c1-11-15(18-10-17-11)12-6-8-19(9-7-12)14-5-3-2-4-13(14)16/h2-5,10,12H,6-9,16H2,1H3,(H,17,18). The van der Waals surface area contributed by atoms with Crippen molar-refractivity contribution in [1.82, 2.24) is 9.97 Å². The molecule has 0 bridgehead atoms. The Morgan fingerprint density at radius 2 is 2.00 bits per heavy atom. The van der Waals surface area contributed by atoms with Crippen molar-refractivity contribution in [2.75, 3.05) is 23.7 Å². The van der Waals surface area contributed by atoms with Crippen molar-refractivity contribution in [3.8, 4) is 0 Å². The number of nitrogens with two attached hydrogens (primary N) is 1. The van der Waals surface area contributed by atoms with Crippen molar-refractivity contribution in [1.29, 1.82) is 0 Å². The molecule has 0 radical (unpaired) electrons. The Kier molecular flexibility index (Phi) is 3.15. The van der Waals surface area contributed by atoms with E-state index in [0.29, 0.717) is 5.92 Å². The Hall–Kier alpha value is -1.97. The Bertz CT molecular complexity index is 553. The lowest BCUT2D eigenvalue weighted by atomic mass is 9.92. The van der Waals surface area contributed by atoms with E-state index in [9.17, 15) is 0 Å². The molecule has 1 aromatic carbocycles. The number of anilines is 2. The lowest BCUT2D eigenvalue weighted by molar-refractivity contribution is 0.496. The molecular weight excluding hydrogens is 236 g/mol. The highest BCUT2D eigenvalue weighted by molar-refractivity contribution is 5.67. The Balaban J connectivity index is 1.70.